The maximum absolute atomic E-state index is 12.8. The van der Waals surface area contributed by atoms with E-state index in [0.717, 1.165) is 38.8 Å². The molecule has 6 heteroatoms. The minimum Gasteiger partial charge on any atom is -0.315 e. The Labute approximate surface area is 118 Å². The molecule has 5 nitrogen and oxygen atoms in total. The minimum absolute atomic E-state index is 0.126. The molecule has 0 bridgehead atoms. The molecule has 0 aliphatic carbocycles. The van der Waals surface area contributed by atoms with E-state index in [0.29, 0.717) is 19.6 Å². The first-order valence-electron chi connectivity index (χ1n) is 7.55. The Bertz CT molecular complexity index is 334. The third-order valence-corrected chi connectivity index (χ3v) is 5.55. The lowest BCUT2D eigenvalue weighted by Gasteiger charge is -2.33. The molecule has 1 rings (SSSR count). The number of hydrogen-bond acceptors (Lipinski definition) is 3. The second-order valence-electron chi connectivity index (χ2n) is 5.16. The lowest BCUT2D eigenvalue weighted by molar-refractivity contribution is 0.291. The lowest BCUT2D eigenvalue weighted by atomic mass is 10.2. The van der Waals surface area contributed by atoms with Crippen LogP contribution in [0.3, 0.4) is 0 Å². The molecule has 1 saturated heterocycles. The maximum atomic E-state index is 12.8. The molecule has 0 radical (unpaired) electrons. The van der Waals surface area contributed by atoms with E-state index in [9.17, 15) is 8.42 Å². The highest BCUT2D eigenvalue weighted by Crippen LogP contribution is 2.18. The summed E-state index contributed by atoms with van der Waals surface area (Å²) in [5.41, 5.74) is 0. The molecule has 0 aromatic rings. The predicted octanol–water partition coefficient (Wildman–Crippen LogP) is 1.43. The summed E-state index contributed by atoms with van der Waals surface area (Å²) >= 11 is 0. The fraction of sp³-hybridized carbons (Fsp3) is 1.00. The molecule has 1 N–H and O–H groups in total. The standard InChI is InChI=1S/C13H29N3O2S/c1-4-9-15(10-5-2)19(17,18)16(11-6-3)13-7-8-14-12-13/h13-14H,4-12H2,1-3H3. The zero-order valence-electron chi connectivity index (χ0n) is 12.6. The first-order valence-corrected chi connectivity index (χ1v) is 8.95. The van der Waals surface area contributed by atoms with Crippen molar-refractivity contribution in [1.82, 2.24) is 13.9 Å². The molecule has 1 aliphatic rings. The Hall–Kier alpha value is -0.170. The number of nitrogens with one attached hydrogen (secondary N) is 1. The summed E-state index contributed by atoms with van der Waals surface area (Å²) in [5, 5.41) is 3.26. The largest absolute Gasteiger partial charge is 0.315 e. The average Bonchev–Trinajstić information content (AvgIpc) is 2.89. The van der Waals surface area contributed by atoms with Crippen LogP contribution in [-0.4, -0.2) is 55.8 Å². The molecule has 1 fully saturated rings. The summed E-state index contributed by atoms with van der Waals surface area (Å²) in [6.07, 6.45) is 3.51. The molecule has 19 heavy (non-hydrogen) atoms. The van der Waals surface area contributed by atoms with E-state index in [1.165, 1.54) is 0 Å². The number of hydrogen-bond donors (Lipinski definition) is 1. The fourth-order valence-electron chi connectivity index (χ4n) is 2.58. The van der Waals surface area contributed by atoms with Crippen LogP contribution in [0, 0.1) is 0 Å². The van der Waals surface area contributed by atoms with Gasteiger partial charge in [-0.2, -0.15) is 17.0 Å². The Morgan fingerprint density at radius 1 is 1.05 bits per heavy atom. The van der Waals surface area contributed by atoms with Crippen molar-refractivity contribution in [3.63, 3.8) is 0 Å². The summed E-state index contributed by atoms with van der Waals surface area (Å²) in [4.78, 5) is 0. The van der Waals surface area contributed by atoms with Crippen molar-refractivity contribution in [2.45, 2.75) is 52.5 Å². The van der Waals surface area contributed by atoms with Crippen molar-refractivity contribution in [3.8, 4) is 0 Å². The second-order valence-corrected chi connectivity index (χ2v) is 7.05. The highest BCUT2D eigenvalue weighted by Gasteiger charge is 2.34. The molecule has 1 atom stereocenters. The van der Waals surface area contributed by atoms with Gasteiger partial charge >= 0.3 is 0 Å². The molecule has 1 unspecified atom stereocenters. The van der Waals surface area contributed by atoms with Gasteiger partial charge in [-0.25, -0.2) is 0 Å². The average molecular weight is 291 g/mol. The van der Waals surface area contributed by atoms with E-state index in [1.54, 1.807) is 8.61 Å². The van der Waals surface area contributed by atoms with Crippen LogP contribution in [-0.2, 0) is 10.2 Å². The monoisotopic (exact) mass is 291 g/mol. The summed E-state index contributed by atoms with van der Waals surface area (Å²) in [5.74, 6) is 0. The van der Waals surface area contributed by atoms with Gasteiger partial charge in [0.2, 0.25) is 0 Å². The molecule has 114 valence electrons. The van der Waals surface area contributed by atoms with E-state index in [-0.39, 0.29) is 6.04 Å². The Kier molecular flexibility index (Phi) is 7.28. The van der Waals surface area contributed by atoms with Crippen LogP contribution in [0.15, 0.2) is 0 Å². The summed E-state index contributed by atoms with van der Waals surface area (Å²) in [6.45, 7) is 9.66. The van der Waals surface area contributed by atoms with Crippen molar-refractivity contribution in [2.75, 3.05) is 32.7 Å². The minimum atomic E-state index is -3.31. The van der Waals surface area contributed by atoms with Crippen LogP contribution in [0.4, 0.5) is 0 Å². The molecular formula is C13H29N3O2S. The van der Waals surface area contributed by atoms with Crippen molar-refractivity contribution in [3.05, 3.63) is 0 Å². The highest BCUT2D eigenvalue weighted by molar-refractivity contribution is 7.86. The third kappa shape index (κ3) is 4.41. The van der Waals surface area contributed by atoms with E-state index in [2.05, 4.69) is 5.32 Å². The smallest absolute Gasteiger partial charge is 0.282 e. The lowest BCUT2D eigenvalue weighted by Crippen LogP contribution is -2.50. The molecule has 0 spiro atoms. The summed E-state index contributed by atoms with van der Waals surface area (Å²) in [7, 11) is -3.31. The van der Waals surface area contributed by atoms with Gasteiger partial charge < -0.3 is 5.32 Å². The second kappa shape index (κ2) is 8.19. The van der Waals surface area contributed by atoms with Crippen LogP contribution < -0.4 is 5.32 Å². The van der Waals surface area contributed by atoms with Crippen LogP contribution in [0.1, 0.15) is 46.5 Å². The van der Waals surface area contributed by atoms with E-state index in [4.69, 9.17) is 0 Å². The van der Waals surface area contributed by atoms with Crippen LogP contribution in [0.25, 0.3) is 0 Å². The van der Waals surface area contributed by atoms with E-state index < -0.39 is 10.2 Å². The normalized spacial score (nSPS) is 20.6. The third-order valence-electron chi connectivity index (χ3n) is 3.45. The van der Waals surface area contributed by atoms with Gasteiger partial charge in [-0.05, 0) is 32.2 Å². The van der Waals surface area contributed by atoms with Crippen LogP contribution in [0.2, 0.25) is 0 Å². The van der Waals surface area contributed by atoms with E-state index in [1.807, 2.05) is 20.8 Å². The van der Waals surface area contributed by atoms with Gasteiger partial charge in [0.1, 0.15) is 0 Å². The van der Waals surface area contributed by atoms with Gasteiger partial charge in [0.05, 0.1) is 0 Å². The van der Waals surface area contributed by atoms with Crippen LogP contribution in [0.5, 0.6) is 0 Å². The van der Waals surface area contributed by atoms with Gasteiger partial charge in [0.25, 0.3) is 10.2 Å². The molecule has 1 aliphatic heterocycles. The molecule has 0 aromatic carbocycles. The van der Waals surface area contributed by atoms with Gasteiger partial charge in [-0.15, -0.1) is 0 Å². The van der Waals surface area contributed by atoms with Gasteiger partial charge in [-0.3, -0.25) is 0 Å². The Balaban J connectivity index is 2.88. The van der Waals surface area contributed by atoms with Crippen molar-refractivity contribution in [2.24, 2.45) is 0 Å². The molecule has 1 heterocycles. The first kappa shape index (κ1) is 16.9. The zero-order chi connectivity index (χ0) is 14.3. The SMILES string of the molecule is CCCN(CCC)S(=O)(=O)N(CCC)C1CCNC1. The van der Waals surface area contributed by atoms with Crippen molar-refractivity contribution >= 4 is 10.2 Å². The molecule has 0 aromatic heterocycles. The Morgan fingerprint density at radius 2 is 1.63 bits per heavy atom. The maximum Gasteiger partial charge on any atom is 0.282 e. The first-order chi connectivity index (χ1) is 9.07. The summed E-state index contributed by atoms with van der Waals surface area (Å²) < 4.78 is 29.0. The van der Waals surface area contributed by atoms with E-state index >= 15 is 0 Å². The van der Waals surface area contributed by atoms with Gasteiger partial charge in [0, 0.05) is 32.2 Å². The van der Waals surface area contributed by atoms with Crippen molar-refractivity contribution < 1.29 is 8.42 Å². The topological polar surface area (TPSA) is 52.7 Å². The molecule has 0 saturated carbocycles. The van der Waals surface area contributed by atoms with Crippen LogP contribution >= 0.6 is 0 Å². The zero-order valence-corrected chi connectivity index (χ0v) is 13.4. The summed E-state index contributed by atoms with van der Waals surface area (Å²) in [6, 6.07) is 0.126. The quantitative estimate of drug-likeness (QED) is 0.699. The number of rotatable bonds is 9. The van der Waals surface area contributed by atoms with Gasteiger partial charge in [0.15, 0.2) is 0 Å². The molecular weight excluding hydrogens is 262 g/mol. The predicted molar refractivity (Wildman–Crippen MR) is 79.3 cm³/mol. The Morgan fingerprint density at radius 3 is 2.05 bits per heavy atom. The number of nitrogens with zero attached hydrogens (tertiary/aromatic N) is 2. The van der Waals surface area contributed by atoms with Gasteiger partial charge in [-0.1, -0.05) is 20.8 Å². The fourth-order valence-corrected chi connectivity index (χ4v) is 4.67. The molecule has 0 amide bonds. The highest BCUT2D eigenvalue weighted by atomic mass is 32.2. The van der Waals surface area contributed by atoms with Crippen molar-refractivity contribution in [1.29, 1.82) is 0 Å².